The fourth-order valence-corrected chi connectivity index (χ4v) is 1.95. The molecule has 0 aliphatic carbocycles. The standard InChI is InChI=1S/C12H17Cl2N3O/c13-5-7-17(8-6-14)11-3-1-10(2-4-11)16-12(18)9-15/h1-4H,5-9,15H2,(H,16,18). The summed E-state index contributed by atoms with van der Waals surface area (Å²) in [5.41, 5.74) is 6.98. The van der Waals surface area contributed by atoms with Gasteiger partial charge in [-0.05, 0) is 24.3 Å². The lowest BCUT2D eigenvalue weighted by Gasteiger charge is -2.23. The molecule has 0 heterocycles. The molecule has 0 atom stereocenters. The first kappa shape index (κ1) is 15.1. The Morgan fingerprint density at radius 3 is 2.17 bits per heavy atom. The van der Waals surface area contributed by atoms with Crippen molar-refractivity contribution in [2.75, 3.05) is 41.6 Å². The zero-order valence-corrected chi connectivity index (χ0v) is 11.5. The summed E-state index contributed by atoms with van der Waals surface area (Å²) in [5, 5.41) is 2.69. The fourth-order valence-electron chi connectivity index (χ4n) is 1.54. The van der Waals surface area contributed by atoms with Crippen molar-refractivity contribution in [3.05, 3.63) is 24.3 Å². The summed E-state index contributed by atoms with van der Waals surface area (Å²) in [5.74, 6) is 0.881. The zero-order valence-electron chi connectivity index (χ0n) is 10.0. The predicted octanol–water partition coefficient (Wildman–Crippen LogP) is 1.87. The van der Waals surface area contributed by atoms with E-state index < -0.39 is 0 Å². The van der Waals surface area contributed by atoms with Crippen LogP contribution in [-0.4, -0.2) is 37.3 Å². The van der Waals surface area contributed by atoms with Gasteiger partial charge in [-0.3, -0.25) is 4.79 Å². The lowest BCUT2D eigenvalue weighted by Crippen LogP contribution is -2.27. The van der Waals surface area contributed by atoms with Crippen molar-refractivity contribution in [2.24, 2.45) is 5.73 Å². The highest BCUT2D eigenvalue weighted by atomic mass is 35.5. The van der Waals surface area contributed by atoms with Gasteiger partial charge in [0.1, 0.15) is 0 Å². The van der Waals surface area contributed by atoms with Crippen molar-refractivity contribution >= 4 is 40.5 Å². The van der Waals surface area contributed by atoms with E-state index in [4.69, 9.17) is 28.9 Å². The van der Waals surface area contributed by atoms with Crippen molar-refractivity contribution in [1.29, 1.82) is 0 Å². The Kier molecular flexibility index (Phi) is 6.86. The third-order valence-electron chi connectivity index (χ3n) is 2.41. The van der Waals surface area contributed by atoms with E-state index in [0.29, 0.717) is 11.8 Å². The van der Waals surface area contributed by atoms with Crippen LogP contribution < -0.4 is 16.0 Å². The average Bonchev–Trinajstić information content (AvgIpc) is 2.39. The molecule has 0 fully saturated rings. The van der Waals surface area contributed by atoms with E-state index in [0.717, 1.165) is 24.5 Å². The fraction of sp³-hybridized carbons (Fsp3) is 0.417. The highest BCUT2D eigenvalue weighted by Crippen LogP contribution is 2.18. The highest BCUT2D eigenvalue weighted by molar-refractivity contribution is 6.18. The van der Waals surface area contributed by atoms with E-state index in [-0.39, 0.29) is 12.5 Å². The minimum atomic E-state index is -0.207. The van der Waals surface area contributed by atoms with Gasteiger partial charge in [0.2, 0.25) is 5.91 Å². The van der Waals surface area contributed by atoms with Gasteiger partial charge in [-0.1, -0.05) is 0 Å². The number of rotatable bonds is 7. The summed E-state index contributed by atoms with van der Waals surface area (Å²) in [4.78, 5) is 13.2. The van der Waals surface area contributed by atoms with Gasteiger partial charge in [-0.25, -0.2) is 0 Å². The Hall–Kier alpha value is -0.970. The number of benzene rings is 1. The molecule has 0 saturated heterocycles. The maximum absolute atomic E-state index is 11.1. The lowest BCUT2D eigenvalue weighted by atomic mass is 10.2. The van der Waals surface area contributed by atoms with Crippen molar-refractivity contribution in [3.8, 4) is 0 Å². The van der Waals surface area contributed by atoms with Gasteiger partial charge in [-0.15, -0.1) is 23.2 Å². The van der Waals surface area contributed by atoms with Crippen LogP contribution in [0.25, 0.3) is 0 Å². The smallest absolute Gasteiger partial charge is 0.238 e. The minimum absolute atomic E-state index is 0.0215. The summed E-state index contributed by atoms with van der Waals surface area (Å²) in [6.07, 6.45) is 0. The topological polar surface area (TPSA) is 58.4 Å². The maximum Gasteiger partial charge on any atom is 0.238 e. The Bertz CT molecular complexity index is 364. The molecule has 100 valence electrons. The molecule has 0 unspecified atom stereocenters. The number of halogens is 2. The van der Waals surface area contributed by atoms with E-state index in [2.05, 4.69) is 10.2 Å². The lowest BCUT2D eigenvalue weighted by molar-refractivity contribution is -0.114. The van der Waals surface area contributed by atoms with E-state index in [9.17, 15) is 4.79 Å². The van der Waals surface area contributed by atoms with Crippen LogP contribution in [0.15, 0.2) is 24.3 Å². The molecule has 3 N–H and O–H groups in total. The number of anilines is 2. The molecule has 0 aliphatic rings. The molecule has 0 saturated carbocycles. The zero-order chi connectivity index (χ0) is 13.4. The molecule has 1 rings (SSSR count). The van der Waals surface area contributed by atoms with Gasteiger partial charge in [0.25, 0.3) is 0 Å². The predicted molar refractivity (Wildman–Crippen MR) is 77.8 cm³/mol. The van der Waals surface area contributed by atoms with E-state index in [1.807, 2.05) is 24.3 Å². The molecule has 1 amide bonds. The number of hydrogen-bond donors (Lipinski definition) is 2. The summed E-state index contributed by atoms with van der Waals surface area (Å²) in [7, 11) is 0. The molecular formula is C12H17Cl2N3O. The molecule has 0 radical (unpaired) electrons. The first-order chi connectivity index (χ1) is 8.71. The molecule has 0 aromatic heterocycles. The summed E-state index contributed by atoms with van der Waals surface area (Å²) >= 11 is 11.5. The van der Waals surface area contributed by atoms with Crippen LogP contribution in [0.5, 0.6) is 0 Å². The molecule has 6 heteroatoms. The van der Waals surface area contributed by atoms with Crippen LogP contribution in [0, 0.1) is 0 Å². The molecule has 4 nitrogen and oxygen atoms in total. The normalized spacial score (nSPS) is 10.2. The Morgan fingerprint density at radius 1 is 1.17 bits per heavy atom. The maximum atomic E-state index is 11.1. The summed E-state index contributed by atoms with van der Waals surface area (Å²) < 4.78 is 0. The number of nitrogens with two attached hydrogens (primary N) is 1. The molecule has 0 bridgehead atoms. The summed E-state index contributed by atoms with van der Waals surface area (Å²) in [6.45, 7) is 1.46. The van der Waals surface area contributed by atoms with Crippen molar-refractivity contribution in [3.63, 3.8) is 0 Å². The van der Waals surface area contributed by atoms with Crippen LogP contribution in [0.1, 0.15) is 0 Å². The average molecular weight is 290 g/mol. The number of carbonyl (C=O) groups excluding carboxylic acids is 1. The van der Waals surface area contributed by atoms with Gasteiger partial charge in [0.05, 0.1) is 6.54 Å². The largest absolute Gasteiger partial charge is 0.369 e. The van der Waals surface area contributed by atoms with E-state index >= 15 is 0 Å². The first-order valence-electron chi connectivity index (χ1n) is 5.68. The van der Waals surface area contributed by atoms with Gasteiger partial charge in [0, 0.05) is 36.2 Å². The Labute approximate surface area is 117 Å². The van der Waals surface area contributed by atoms with Gasteiger partial charge in [-0.2, -0.15) is 0 Å². The molecule has 1 aromatic rings. The van der Waals surface area contributed by atoms with E-state index in [1.165, 1.54) is 0 Å². The molecule has 0 spiro atoms. The second kappa shape index (κ2) is 8.19. The minimum Gasteiger partial charge on any atom is -0.369 e. The van der Waals surface area contributed by atoms with Crippen LogP contribution >= 0.6 is 23.2 Å². The quantitative estimate of drug-likeness (QED) is 0.754. The number of nitrogens with zero attached hydrogens (tertiary/aromatic N) is 1. The van der Waals surface area contributed by atoms with Crippen molar-refractivity contribution in [2.45, 2.75) is 0 Å². The number of amides is 1. The third kappa shape index (κ3) is 4.72. The van der Waals surface area contributed by atoms with Crippen molar-refractivity contribution < 1.29 is 4.79 Å². The number of hydrogen-bond acceptors (Lipinski definition) is 3. The summed E-state index contributed by atoms with van der Waals surface area (Å²) in [6, 6.07) is 7.51. The molecule has 18 heavy (non-hydrogen) atoms. The van der Waals surface area contributed by atoms with Crippen molar-refractivity contribution in [1.82, 2.24) is 0 Å². The monoisotopic (exact) mass is 289 g/mol. The molecular weight excluding hydrogens is 273 g/mol. The second-order valence-corrected chi connectivity index (χ2v) is 4.42. The van der Waals surface area contributed by atoms with Gasteiger partial charge in [0.15, 0.2) is 0 Å². The van der Waals surface area contributed by atoms with Gasteiger partial charge >= 0.3 is 0 Å². The van der Waals surface area contributed by atoms with Crippen LogP contribution in [0.4, 0.5) is 11.4 Å². The molecule has 1 aromatic carbocycles. The van der Waals surface area contributed by atoms with Crippen LogP contribution in [0.3, 0.4) is 0 Å². The molecule has 0 aliphatic heterocycles. The van der Waals surface area contributed by atoms with Gasteiger partial charge < -0.3 is 16.0 Å². The van der Waals surface area contributed by atoms with Crippen LogP contribution in [-0.2, 0) is 4.79 Å². The Balaban J connectivity index is 2.70. The number of nitrogens with one attached hydrogen (secondary N) is 1. The highest BCUT2D eigenvalue weighted by Gasteiger charge is 2.05. The van der Waals surface area contributed by atoms with E-state index in [1.54, 1.807) is 0 Å². The SMILES string of the molecule is NCC(=O)Nc1ccc(N(CCCl)CCCl)cc1. The second-order valence-electron chi connectivity index (χ2n) is 3.66. The number of alkyl halides is 2. The van der Waals surface area contributed by atoms with Crippen LogP contribution in [0.2, 0.25) is 0 Å². The number of carbonyl (C=O) groups is 1. The third-order valence-corrected chi connectivity index (χ3v) is 2.75. The Morgan fingerprint density at radius 2 is 1.72 bits per heavy atom. The first-order valence-corrected chi connectivity index (χ1v) is 6.75.